The van der Waals surface area contributed by atoms with Crippen molar-refractivity contribution >= 4 is 0 Å². The standard InChI is InChI=1S/C9H16O2/c1-2-10-6-7-3-4-8-9(5-7)11-8/h7-9H,2-6H2,1H3. The molecule has 2 heteroatoms. The maximum absolute atomic E-state index is 5.43. The van der Waals surface area contributed by atoms with Crippen LogP contribution in [0, 0.1) is 5.92 Å². The minimum Gasteiger partial charge on any atom is -0.381 e. The molecule has 1 aliphatic carbocycles. The molecule has 1 saturated carbocycles. The number of hydrogen-bond acceptors (Lipinski definition) is 2. The summed E-state index contributed by atoms with van der Waals surface area (Å²) in [4.78, 5) is 0. The maximum atomic E-state index is 5.43. The van der Waals surface area contributed by atoms with Crippen LogP contribution in [0.2, 0.25) is 0 Å². The summed E-state index contributed by atoms with van der Waals surface area (Å²) < 4.78 is 10.8. The highest BCUT2D eigenvalue weighted by molar-refractivity contribution is 4.91. The lowest BCUT2D eigenvalue weighted by Crippen LogP contribution is -2.18. The van der Waals surface area contributed by atoms with Gasteiger partial charge in [0, 0.05) is 13.2 Å². The molecule has 0 radical (unpaired) electrons. The smallest absolute Gasteiger partial charge is 0.0845 e. The Morgan fingerprint density at radius 1 is 1.36 bits per heavy atom. The third-order valence-electron chi connectivity index (χ3n) is 2.67. The van der Waals surface area contributed by atoms with E-state index in [0.717, 1.165) is 19.1 Å². The molecule has 0 spiro atoms. The number of fused-ring (bicyclic) bond motifs is 1. The third-order valence-corrected chi connectivity index (χ3v) is 2.67. The second-order valence-electron chi connectivity index (χ2n) is 3.55. The Morgan fingerprint density at radius 2 is 2.27 bits per heavy atom. The van der Waals surface area contributed by atoms with Crippen LogP contribution in [-0.2, 0) is 9.47 Å². The van der Waals surface area contributed by atoms with Crippen molar-refractivity contribution in [2.45, 2.75) is 38.4 Å². The monoisotopic (exact) mass is 156 g/mol. The van der Waals surface area contributed by atoms with Gasteiger partial charge in [-0.25, -0.2) is 0 Å². The van der Waals surface area contributed by atoms with Gasteiger partial charge in [-0.2, -0.15) is 0 Å². The highest BCUT2D eigenvalue weighted by Gasteiger charge is 2.43. The summed E-state index contributed by atoms with van der Waals surface area (Å²) in [5.74, 6) is 0.777. The van der Waals surface area contributed by atoms with Crippen molar-refractivity contribution in [3.63, 3.8) is 0 Å². The zero-order valence-electron chi connectivity index (χ0n) is 7.08. The van der Waals surface area contributed by atoms with E-state index < -0.39 is 0 Å². The molecular weight excluding hydrogens is 140 g/mol. The Bertz CT molecular complexity index is 136. The molecule has 0 aromatic rings. The van der Waals surface area contributed by atoms with E-state index in [1.165, 1.54) is 19.3 Å². The Morgan fingerprint density at radius 3 is 3.00 bits per heavy atom. The fourth-order valence-corrected chi connectivity index (χ4v) is 1.92. The largest absolute Gasteiger partial charge is 0.381 e. The van der Waals surface area contributed by atoms with Crippen LogP contribution in [-0.4, -0.2) is 25.4 Å². The Hall–Kier alpha value is -0.0800. The number of hydrogen-bond donors (Lipinski definition) is 0. The lowest BCUT2D eigenvalue weighted by molar-refractivity contribution is 0.0980. The highest BCUT2D eigenvalue weighted by atomic mass is 16.6. The molecule has 0 aromatic carbocycles. The van der Waals surface area contributed by atoms with Gasteiger partial charge in [-0.1, -0.05) is 0 Å². The first-order valence-corrected chi connectivity index (χ1v) is 4.63. The molecule has 0 aromatic heterocycles. The van der Waals surface area contributed by atoms with Crippen LogP contribution in [0.15, 0.2) is 0 Å². The van der Waals surface area contributed by atoms with Crippen molar-refractivity contribution in [3.05, 3.63) is 0 Å². The van der Waals surface area contributed by atoms with Gasteiger partial charge in [-0.05, 0) is 32.1 Å². The molecule has 2 rings (SSSR count). The summed E-state index contributed by atoms with van der Waals surface area (Å²) in [6.45, 7) is 3.85. The molecular formula is C9H16O2. The van der Waals surface area contributed by atoms with Gasteiger partial charge in [-0.15, -0.1) is 0 Å². The maximum Gasteiger partial charge on any atom is 0.0845 e. The van der Waals surface area contributed by atoms with E-state index in [9.17, 15) is 0 Å². The quantitative estimate of drug-likeness (QED) is 0.579. The molecule has 0 bridgehead atoms. The summed E-state index contributed by atoms with van der Waals surface area (Å²) in [5, 5.41) is 0. The summed E-state index contributed by atoms with van der Waals surface area (Å²) in [6.07, 6.45) is 5.05. The minimum atomic E-state index is 0.606. The zero-order valence-corrected chi connectivity index (χ0v) is 7.08. The molecule has 3 atom stereocenters. The second-order valence-corrected chi connectivity index (χ2v) is 3.55. The molecule has 1 aliphatic heterocycles. The highest BCUT2D eigenvalue weighted by Crippen LogP contribution is 2.39. The van der Waals surface area contributed by atoms with Gasteiger partial charge >= 0.3 is 0 Å². The van der Waals surface area contributed by atoms with Crippen LogP contribution >= 0.6 is 0 Å². The van der Waals surface area contributed by atoms with E-state index in [1.807, 2.05) is 0 Å². The van der Waals surface area contributed by atoms with E-state index >= 15 is 0 Å². The van der Waals surface area contributed by atoms with Crippen LogP contribution in [0.4, 0.5) is 0 Å². The fourth-order valence-electron chi connectivity index (χ4n) is 1.92. The number of ether oxygens (including phenoxy) is 2. The van der Waals surface area contributed by atoms with Crippen molar-refractivity contribution in [2.24, 2.45) is 5.92 Å². The molecule has 64 valence electrons. The summed E-state index contributed by atoms with van der Waals surface area (Å²) >= 11 is 0. The van der Waals surface area contributed by atoms with Crippen molar-refractivity contribution in [1.29, 1.82) is 0 Å². The normalized spacial score (nSPS) is 41.7. The van der Waals surface area contributed by atoms with Crippen LogP contribution in [0.3, 0.4) is 0 Å². The fraction of sp³-hybridized carbons (Fsp3) is 1.00. The Labute approximate surface area is 67.9 Å². The lowest BCUT2D eigenvalue weighted by Gasteiger charge is -2.17. The average Bonchev–Trinajstić information content (AvgIpc) is 2.78. The summed E-state index contributed by atoms with van der Waals surface area (Å²) in [7, 11) is 0. The SMILES string of the molecule is CCOCC1CCC2OC2C1. The molecule has 0 N–H and O–H groups in total. The van der Waals surface area contributed by atoms with Crippen molar-refractivity contribution in [3.8, 4) is 0 Å². The van der Waals surface area contributed by atoms with Crippen LogP contribution in [0.1, 0.15) is 26.2 Å². The first kappa shape index (κ1) is 7.56. The molecule has 3 unspecified atom stereocenters. The third kappa shape index (κ3) is 1.74. The van der Waals surface area contributed by atoms with Crippen molar-refractivity contribution in [1.82, 2.24) is 0 Å². The minimum absolute atomic E-state index is 0.606. The topological polar surface area (TPSA) is 21.8 Å². The van der Waals surface area contributed by atoms with Crippen LogP contribution in [0.25, 0.3) is 0 Å². The molecule has 0 amide bonds. The lowest BCUT2D eigenvalue weighted by atomic mass is 9.90. The van der Waals surface area contributed by atoms with E-state index in [4.69, 9.17) is 9.47 Å². The van der Waals surface area contributed by atoms with Crippen LogP contribution < -0.4 is 0 Å². The van der Waals surface area contributed by atoms with Gasteiger partial charge in [0.1, 0.15) is 0 Å². The van der Waals surface area contributed by atoms with Gasteiger partial charge < -0.3 is 9.47 Å². The molecule has 2 fully saturated rings. The zero-order chi connectivity index (χ0) is 7.68. The average molecular weight is 156 g/mol. The summed E-state index contributed by atoms with van der Waals surface area (Å²) in [6, 6.07) is 0. The van der Waals surface area contributed by atoms with Crippen LogP contribution in [0.5, 0.6) is 0 Å². The number of rotatable bonds is 3. The predicted molar refractivity (Wildman–Crippen MR) is 42.5 cm³/mol. The Balaban J connectivity index is 1.68. The first-order chi connectivity index (χ1) is 5.40. The number of epoxide rings is 1. The molecule has 11 heavy (non-hydrogen) atoms. The van der Waals surface area contributed by atoms with E-state index in [2.05, 4.69) is 6.92 Å². The van der Waals surface area contributed by atoms with Crippen molar-refractivity contribution < 1.29 is 9.47 Å². The molecule has 2 aliphatic rings. The van der Waals surface area contributed by atoms with E-state index in [0.29, 0.717) is 12.2 Å². The van der Waals surface area contributed by atoms with Crippen molar-refractivity contribution in [2.75, 3.05) is 13.2 Å². The van der Waals surface area contributed by atoms with E-state index in [1.54, 1.807) is 0 Å². The van der Waals surface area contributed by atoms with Gasteiger partial charge in [0.25, 0.3) is 0 Å². The Kier molecular flexibility index (Phi) is 2.14. The van der Waals surface area contributed by atoms with E-state index in [-0.39, 0.29) is 0 Å². The molecule has 2 nitrogen and oxygen atoms in total. The molecule has 1 heterocycles. The second kappa shape index (κ2) is 3.11. The van der Waals surface area contributed by atoms with Gasteiger partial charge in [0.15, 0.2) is 0 Å². The predicted octanol–water partition coefficient (Wildman–Crippen LogP) is 1.59. The molecule has 1 saturated heterocycles. The van der Waals surface area contributed by atoms with Gasteiger partial charge in [0.2, 0.25) is 0 Å². The summed E-state index contributed by atoms with van der Waals surface area (Å²) in [5.41, 5.74) is 0. The van der Waals surface area contributed by atoms with Gasteiger partial charge in [0.05, 0.1) is 12.2 Å². The first-order valence-electron chi connectivity index (χ1n) is 4.63. The van der Waals surface area contributed by atoms with Gasteiger partial charge in [-0.3, -0.25) is 0 Å².